The first kappa shape index (κ1) is 35.5. The molecule has 0 spiro atoms. The topological polar surface area (TPSA) is 12.0 Å². The summed E-state index contributed by atoms with van der Waals surface area (Å²) in [7, 11) is 0. The lowest BCUT2D eigenvalue weighted by Gasteiger charge is -2.05. The monoisotopic (exact) mass is 547 g/mol. The average molecular weight is 548 g/mol. The fraction of sp³-hybridized carbons (Fsp3) is 0.968. The molecule has 0 saturated heterocycles. The van der Waals surface area contributed by atoms with Gasteiger partial charge in [-0.05, 0) is 12.8 Å². The summed E-state index contributed by atoms with van der Waals surface area (Å²) in [6, 6.07) is 0. The van der Waals surface area contributed by atoms with E-state index in [1.165, 1.54) is 180 Å². The van der Waals surface area contributed by atoms with Crippen LogP contribution in [0, 0.1) is 0 Å². The predicted molar refractivity (Wildman–Crippen MR) is 170 cm³/mol. The lowest BCUT2D eigenvalue weighted by Crippen LogP contribution is -2.17. The zero-order chi connectivity index (χ0) is 25.5. The number of thiol groups is 1. The minimum Gasteiger partial charge on any atom is -0.371 e. The lowest BCUT2D eigenvalue weighted by molar-refractivity contribution is 0.514. The first-order valence-corrected chi connectivity index (χ1v) is 17.2. The molecule has 0 amide bonds. The Balaban J connectivity index is 3.01. The Morgan fingerprint density at radius 1 is 0.400 bits per heavy atom. The van der Waals surface area contributed by atoms with Crippen molar-refractivity contribution in [2.75, 3.05) is 12.4 Å². The molecule has 0 saturated carbocycles. The van der Waals surface area contributed by atoms with E-state index in [9.17, 15) is 0 Å². The van der Waals surface area contributed by atoms with Crippen LogP contribution in [0.1, 0.15) is 180 Å². The first-order valence-electron chi connectivity index (χ1n) is 15.8. The fourth-order valence-corrected chi connectivity index (χ4v) is 5.41. The number of unbranched alkanes of at least 4 members (excludes halogenated alkanes) is 27. The summed E-state index contributed by atoms with van der Waals surface area (Å²) in [5, 5.41) is 3.11. The Morgan fingerprint density at radius 3 is 0.800 bits per heavy atom. The average Bonchev–Trinajstić information content (AvgIpc) is 2.85. The minimum atomic E-state index is 0.628. The highest BCUT2D eigenvalue weighted by atomic mass is 35.5. The molecule has 0 aromatic heterocycles. The van der Waals surface area contributed by atoms with E-state index >= 15 is 0 Å². The van der Waals surface area contributed by atoms with Gasteiger partial charge in [0, 0.05) is 12.4 Å². The molecule has 0 aliphatic carbocycles. The van der Waals surface area contributed by atoms with Crippen LogP contribution in [0.4, 0.5) is 0 Å². The van der Waals surface area contributed by atoms with Gasteiger partial charge in [0.2, 0.25) is 0 Å². The Hall–Kier alpha value is 0.530. The molecule has 1 nitrogen and oxygen atoms in total. The molecule has 1 N–H and O–H groups in total. The third kappa shape index (κ3) is 34.5. The van der Waals surface area contributed by atoms with Crippen LogP contribution in [0.25, 0.3) is 0 Å². The second-order valence-corrected chi connectivity index (χ2v) is 12.4. The molecule has 0 unspecified atom stereocenters. The van der Waals surface area contributed by atoms with Gasteiger partial charge in [-0.2, -0.15) is 0 Å². The summed E-state index contributed by atoms with van der Waals surface area (Å²) in [6.45, 7) is 0.986. The number of rotatable bonds is 30. The highest BCUT2D eigenvalue weighted by molar-refractivity contribution is 8.11. The minimum absolute atomic E-state index is 0.628. The SMILES string of the molecule is S=C(S)NCCCCCCCCCCCCCCCCCCCCCCCCCCCCCCCl. The largest absolute Gasteiger partial charge is 0.371 e. The van der Waals surface area contributed by atoms with Gasteiger partial charge in [-0.1, -0.05) is 179 Å². The molecule has 4 heteroatoms. The molecule has 35 heavy (non-hydrogen) atoms. The Kier molecular flexibility index (Phi) is 33.1. The zero-order valence-corrected chi connectivity index (χ0v) is 25.9. The maximum atomic E-state index is 5.72. The van der Waals surface area contributed by atoms with Crippen molar-refractivity contribution in [3.8, 4) is 0 Å². The van der Waals surface area contributed by atoms with Crippen LogP contribution >= 0.6 is 36.4 Å². The molecule has 0 aromatic carbocycles. The Labute approximate surface area is 237 Å². The van der Waals surface area contributed by atoms with E-state index in [-0.39, 0.29) is 0 Å². The fourth-order valence-electron chi connectivity index (χ4n) is 5.01. The molecule has 0 rings (SSSR count). The number of nitrogens with one attached hydrogen (secondary N) is 1. The van der Waals surface area contributed by atoms with Gasteiger partial charge in [-0.25, -0.2) is 0 Å². The summed E-state index contributed by atoms with van der Waals surface area (Å²) in [5.41, 5.74) is 0. The van der Waals surface area contributed by atoms with Gasteiger partial charge >= 0.3 is 0 Å². The van der Waals surface area contributed by atoms with E-state index in [4.69, 9.17) is 23.8 Å². The van der Waals surface area contributed by atoms with Crippen molar-refractivity contribution in [1.82, 2.24) is 5.32 Å². The van der Waals surface area contributed by atoms with Crippen LogP contribution in [-0.2, 0) is 0 Å². The molecule has 0 fully saturated rings. The molecule has 0 bridgehead atoms. The van der Waals surface area contributed by atoms with E-state index in [0.717, 1.165) is 12.4 Å². The number of thiocarbonyl (C=S) groups is 1. The maximum Gasteiger partial charge on any atom is 0.130 e. The smallest absolute Gasteiger partial charge is 0.130 e. The highest BCUT2D eigenvalue weighted by Crippen LogP contribution is 2.16. The molecular formula is C31H62ClNS2. The molecule has 0 heterocycles. The van der Waals surface area contributed by atoms with Crippen molar-refractivity contribution >= 4 is 40.8 Å². The van der Waals surface area contributed by atoms with Crippen LogP contribution < -0.4 is 5.32 Å². The van der Waals surface area contributed by atoms with E-state index in [2.05, 4.69) is 17.9 Å². The van der Waals surface area contributed by atoms with Crippen LogP contribution in [0.5, 0.6) is 0 Å². The Morgan fingerprint density at radius 2 is 0.600 bits per heavy atom. The number of alkyl halides is 1. The number of halogens is 1. The summed E-state index contributed by atoms with van der Waals surface area (Å²) in [4.78, 5) is 0. The quantitative estimate of drug-likeness (QED) is 0.0401. The van der Waals surface area contributed by atoms with Crippen molar-refractivity contribution in [2.24, 2.45) is 0 Å². The van der Waals surface area contributed by atoms with Crippen LogP contribution in [-0.4, -0.2) is 16.7 Å². The van der Waals surface area contributed by atoms with Gasteiger partial charge in [0.1, 0.15) is 4.32 Å². The van der Waals surface area contributed by atoms with Crippen molar-refractivity contribution in [3.63, 3.8) is 0 Å². The summed E-state index contributed by atoms with van der Waals surface area (Å²) >= 11 is 14.7. The van der Waals surface area contributed by atoms with Gasteiger partial charge in [-0.3, -0.25) is 0 Å². The molecule has 0 atom stereocenters. The molecule has 0 aromatic rings. The van der Waals surface area contributed by atoms with E-state index in [0.29, 0.717) is 4.32 Å². The standard InChI is InChI=1S/C31H62ClNS2/c32-29-27-25-23-21-19-17-15-13-11-9-7-5-3-1-2-4-6-8-10-12-14-16-18-20-22-24-26-28-30-33-31(34)35/h1-30H2,(H2,33,34,35). The van der Waals surface area contributed by atoms with Crippen LogP contribution in [0.15, 0.2) is 0 Å². The third-order valence-corrected chi connectivity index (χ3v) is 7.91. The molecule has 210 valence electrons. The summed E-state index contributed by atoms with van der Waals surface area (Å²) in [5.74, 6) is 0.842. The van der Waals surface area contributed by atoms with Gasteiger partial charge in [0.25, 0.3) is 0 Å². The Bertz CT molecular complexity index is 405. The van der Waals surface area contributed by atoms with E-state index in [1.807, 2.05) is 0 Å². The number of hydrogen-bond acceptors (Lipinski definition) is 1. The second kappa shape index (κ2) is 32.6. The third-order valence-electron chi connectivity index (χ3n) is 7.34. The summed E-state index contributed by atoms with van der Waals surface area (Å²) in [6.07, 6.45) is 39.9. The van der Waals surface area contributed by atoms with Crippen molar-refractivity contribution in [3.05, 3.63) is 0 Å². The first-order chi connectivity index (χ1) is 17.3. The highest BCUT2D eigenvalue weighted by Gasteiger charge is 1.97. The maximum absolute atomic E-state index is 5.72. The van der Waals surface area contributed by atoms with Gasteiger partial charge in [-0.15, -0.1) is 24.2 Å². The van der Waals surface area contributed by atoms with Crippen LogP contribution in [0.3, 0.4) is 0 Å². The van der Waals surface area contributed by atoms with Crippen LogP contribution in [0.2, 0.25) is 0 Å². The predicted octanol–water partition coefficient (Wildman–Crippen LogP) is 12.0. The van der Waals surface area contributed by atoms with E-state index in [1.54, 1.807) is 0 Å². The molecular weight excluding hydrogens is 486 g/mol. The van der Waals surface area contributed by atoms with E-state index < -0.39 is 0 Å². The van der Waals surface area contributed by atoms with Crippen molar-refractivity contribution < 1.29 is 0 Å². The number of hydrogen-bond donors (Lipinski definition) is 2. The van der Waals surface area contributed by atoms with Gasteiger partial charge < -0.3 is 5.32 Å². The van der Waals surface area contributed by atoms with Crippen molar-refractivity contribution in [2.45, 2.75) is 180 Å². The summed E-state index contributed by atoms with van der Waals surface area (Å²) < 4.78 is 0.628. The molecule has 0 radical (unpaired) electrons. The molecule has 0 aliphatic heterocycles. The van der Waals surface area contributed by atoms with Gasteiger partial charge in [0.05, 0.1) is 0 Å². The lowest BCUT2D eigenvalue weighted by atomic mass is 10.0. The van der Waals surface area contributed by atoms with Crippen molar-refractivity contribution in [1.29, 1.82) is 0 Å². The molecule has 0 aliphatic rings. The zero-order valence-electron chi connectivity index (χ0n) is 23.4. The normalized spacial score (nSPS) is 11.3. The van der Waals surface area contributed by atoms with Gasteiger partial charge in [0.15, 0.2) is 0 Å². The second-order valence-electron chi connectivity index (χ2n) is 10.8.